The van der Waals surface area contributed by atoms with Crippen molar-refractivity contribution in [2.24, 2.45) is 0 Å². The van der Waals surface area contributed by atoms with Gasteiger partial charge in [-0.25, -0.2) is 4.79 Å². The summed E-state index contributed by atoms with van der Waals surface area (Å²) >= 11 is 9.76. The summed E-state index contributed by atoms with van der Waals surface area (Å²) in [5.41, 5.74) is 4.39. The van der Waals surface area contributed by atoms with Crippen LogP contribution in [-0.4, -0.2) is 24.2 Å². The molecule has 28 heavy (non-hydrogen) atoms. The Balaban J connectivity index is 1.75. The lowest BCUT2D eigenvalue weighted by molar-refractivity contribution is 0.0519. The number of nitrogens with one attached hydrogen (secondary N) is 1. The predicted octanol–water partition coefficient (Wildman–Crippen LogP) is 6.39. The molecule has 3 aromatic rings. The first-order chi connectivity index (χ1) is 13.4. The van der Waals surface area contributed by atoms with E-state index in [0.717, 1.165) is 49.3 Å². The average Bonchev–Trinajstić information content (AvgIpc) is 3.03. The highest BCUT2D eigenvalue weighted by Gasteiger charge is 2.19. The van der Waals surface area contributed by atoms with Gasteiger partial charge in [0.1, 0.15) is 11.4 Å². The summed E-state index contributed by atoms with van der Waals surface area (Å²) < 4.78 is 12.1. The summed E-state index contributed by atoms with van der Waals surface area (Å²) in [6, 6.07) is 9.83. The fourth-order valence-electron chi connectivity index (χ4n) is 3.30. The van der Waals surface area contributed by atoms with Gasteiger partial charge in [-0.15, -0.1) is 0 Å². The van der Waals surface area contributed by atoms with Gasteiger partial charge < -0.3 is 14.5 Å². The Bertz CT molecular complexity index is 989. The average molecular weight is 465 g/mol. The van der Waals surface area contributed by atoms with E-state index in [9.17, 15) is 4.79 Å². The molecule has 0 amide bonds. The van der Waals surface area contributed by atoms with Crippen LogP contribution in [0.15, 0.2) is 34.8 Å². The van der Waals surface area contributed by atoms with Crippen molar-refractivity contribution in [1.29, 1.82) is 0 Å². The standard InChI is InChI=1S/C22H23BrClNO3/c1-4-27-22(26)21-17(16-7-5-9-18(23)20(16)25-21)8-6-10-28-15-11-13(2)19(24)14(3)12-15/h5,7,9,11-12,25H,4,6,8,10H2,1-3H3. The molecule has 0 aliphatic rings. The number of esters is 1. The van der Waals surface area contributed by atoms with Gasteiger partial charge in [0.15, 0.2) is 0 Å². The first kappa shape index (κ1) is 20.7. The molecular formula is C22H23BrClNO3. The third-order valence-electron chi connectivity index (χ3n) is 4.62. The summed E-state index contributed by atoms with van der Waals surface area (Å²) in [4.78, 5) is 15.6. The molecule has 0 saturated heterocycles. The fourth-order valence-corrected chi connectivity index (χ4v) is 3.88. The van der Waals surface area contributed by atoms with Crippen molar-refractivity contribution in [3.8, 4) is 5.75 Å². The van der Waals surface area contributed by atoms with E-state index < -0.39 is 0 Å². The number of aryl methyl sites for hydroxylation is 3. The Labute approximate surface area is 178 Å². The Morgan fingerprint density at radius 2 is 1.93 bits per heavy atom. The number of hydrogen-bond donors (Lipinski definition) is 1. The Hall–Kier alpha value is -1.98. The van der Waals surface area contributed by atoms with Gasteiger partial charge in [0.25, 0.3) is 0 Å². The number of rotatable bonds is 7. The van der Waals surface area contributed by atoms with Crippen LogP contribution in [0.1, 0.15) is 40.5 Å². The van der Waals surface area contributed by atoms with Crippen molar-refractivity contribution in [1.82, 2.24) is 4.98 Å². The van der Waals surface area contributed by atoms with Crippen molar-refractivity contribution in [3.05, 3.63) is 62.2 Å². The van der Waals surface area contributed by atoms with E-state index in [2.05, 4.69) is 20.9 Å². The van der Waals surface area contributed by atoms with E-state index >= 15 is 0 Å². The number of fused-ring (bicyclic) bond motifs is 1. The quantitative estimate of drug-likeness (QED) is 0.325. The molecule has 0 radical (unpaired) electrons. The molecule has 0 unspecified atom stereocenters. The van der Waals surface area contributed by atoms with Gasteiger partial charge in [-0.1, -0.05) is 23.7 Å². The van der Waals surface area contributed by atoms with Crippen LogP contribution in [0.2, 0.25) is 5.02 Å². The van der Waals surface area contributed by atoms with Crippen LogP contribution in [0.5, 0.6) is 5.75 Å². The van der Waals surface area contributed by atoms with Gasteiger partial charge in [-0.3, -0.25) is 0 Å². The summed E-state index contributed by atoms with van der Waals surface area (Å²) in [5, 5.41) is 1.80. The molecule has 6 heteroatoms. The smallest absolute Gasteiger partial charge is 0.355 e. The van der Waals surface area contributed by atoms with Crippen molar-refractivity contribution in [3.63, 3.8) is 0 Å². The van der Waals surface area contributed by atoms with Gasteiger partial charge in [0, 0.05) is 14.9 Å². The third-order valence-corrected chi connectivity index (χ3v) is 5.88. The van der Waals surface area contributed by atoms with Crippen molar-refractivity contribution in [2.45, 2.75) is 33.6 Å². The van der Waals surface area contributed by atoms with E-state index in [4.69, 9.17) is 21.1 Å². The molecule has 148 valence electrons. The molecule has 0 saturated carbocycles. The molecule has 4 nitrogen and oxygen atoms in total. The molecule has 2 aromatic carbocycles. The van der Waals surface area contributed by atoms with Crippen LogP contribution in [0.25, 0.3) is 10.9 Å². The maximum Gasteiger partial charge on any atom is 0.355 e. The molecule has 1 heterocycles. The Morgan fingerprint density at radius 1 is 1.21 bits per heavy atom. The largest absolute Gasteiger partial charge is 0.494 e. The third kappa shape index (κ3) is 4.36. The summed E-state index contributed by atoms with van der Waals surface area (Å²) in [6.45, 7) is 6.63. The first-order valence-corrected chi connectivity index (χ1v) is 10.4. The molecule has 0 aliphatic heterocycles. The second-order valence-electron chi connectivity index (χ2n) is 6.68. The number of hydrogen-bond acceptors (Lipinski definition) is 3. The van der Waals surface area contributed by atoms with Gasteiger partial charge in [0.2, 0.25) is 0 Å². The Kier molecular flexibility index (Phi) is 6.68. The number of ether oxygens (including phenoxy) is 2. The zero-order valence-electron chi connectivity index (χ0n) is 16.2. The van der Waals surface area contributed by atoms with Crippen molar-refractivity contribution < 1.29 is 14.3 Å². The normalized spacial score (nSPS) is 11.0. The molecule has 0 spiro atoms. The SMILES string of the molecule is CCOC(=O)c1[nH]c2c(Br)cccc2c1CCCOc1cc(C)c(Cl)c(C)c1. The molecule has 3 rings (SSSR count). The minimum Gasteiger partial charge on any atom is -0.494 e. The highest BCUT2D eigenvalue weighted by molar-refractivity contribution is 9.10. The van der Waals surface area contributed by atoms with Crippen LogP contribution in [0.4, 0.5) is 0 Å². The maximum absolute atomic E-state index is 12.4. The summed E-state index contributed by atoms with van der Waals surface area (Å²) in [5.74, 6) is 0.483. The van der Waals surface area contributed by atoms with Gasteiger partial charge in [0.05, 0.1) is 18.7 Å². The van der Waals surface area contributed by atoms with Crippen LogP contribution < -0.4 is 4.74 Å². The monoisotopic (exact) mass is 463 g/mol. The van der Waals surface area contributed by atoms with E-state index in [1.54, 1.807) is 6.92 Å². The zero-order valence-corrected chi connectivity index (χ0v) is 18.5. The highest BCUT2D eigenvalue weighted by Crippen LogP contribution is 2.30. The van der Waals surface area contributed by atoms with E-state index in [1.165, 1.54) is 0 Å². The van der Waals surface area contributed by atoms with Crippen LogP contribution >= 0.6 is 27.5 Å². The first-order valence-electron chi connectivity index (χ1n) is 9.28. The minimum atomic E-state index is -0.328. The summed E-state index contributed by atoms with van der Waals surface area (Å²) in [7, 11) is 0. The molecule has 1 N–H and O–H groups in total. The molecule has 0 fully saturated rings. The second kappa shape index (κ2) is 9.01. The fraction of sp³-hybridized carbons (Fsp3) is 0.318. The van der Waals surface area contributed by atoms with Crippen molar-refractivity contribution in [2.75, 3.05) is 13.2 Å². The van der Waals surface area contributed by atoms with Crippen LogP contribution in [0, 0.1) is 13.8 Å². The minimum absolute atomic E-state index is 0.328. The number of carbonyl (C=O) groups excluding carboxylic acids is 1. The number of H-pyrrole nitrogens is 1. The number of para-hydroxylation sites is 1. The van der Waals surface area contributed by atoms with Crippen LogP contribution in [-0.2, 0) is 11.2 Å². The lowest BCUT2D eigenvalue weighted by atomic mass is 10.1. The topological polar surface area (TPSA) is 51.3 Å². The number of aromatic amines is 1. The summed E-state index contributed by atoms with van der Waals surface area (Å²) in [6.07, 6.45) is 1.47. The lowest BCUT2D eigenvalue weighted by Gasteiger charge is -2.10. The molecule has 0 bridgehead atoms. The number of aromatic nitrogens is 1. The van der Waals surface area contributed by atoms with Gasteiger partial charge >= 0.3 is 5.97 Å². The molecule has 0 aliphatic carbocycles. The zero-order chi connectivity index (χ0) is 20.3. The highest BCUT2D eigenvalue weighted by atomic mass is 79.9. The van der Waals surface area contributed by atoms with E-state index in [0.29, 0.717) is 25.3 Å². The maximum atomic E-state index is 12.4. The van der Waals surface area contributed by atoms with Gasteiger partial charge in [-0.05, 0) is 84.4 Å². The van der Waals surface area contributed by atoms with Crippen molar-refractivity contribution >= 4 is 44.4 Å². The molecule has 1 aromatic heterocycles. The Morgan fingerprint density at radius 3 is 2.61 bits per heavy atom. The lowest BCUT2D eigenvalue weighted by Crippen LogP contribution is -2.09. The predicted molar refractivity (Wildman–Crippen MR) is 117 cm³/mol. The second-order valence-corrected chi connectivity index (χ2v) is 7.92. The number of carbonyl (C=O) groups is 1. The van der Waals surface area contributed by atoms with E-state index in [-0.39, 0.29) is 5.97 Å². The van der Waals surface area contributed by atoms with Crippen LogP contribution in [0.3, 0.4) is 0 Å². The van der Waals surface area contributed by atoms with Gasteiger partial charge in [-0.2, -0.15) is 0 Å². The number of benzene rings is 2. The molecular weight excluding hydrogens is 442 g/mol. The molecule has 0 atom stereocenters. The van der Waals surface area contributed by atoms with E-state index in [1.807, 2.05) is 44.2 Å². The number of halogens is 2.